The molecule has 0 bridgehead atoms. The number of anilines is 1. The minimum atomic E-state index is -0.156. The number of ether oxygens (including phenoxy) is 2. The number of hydrogen-bond acceptors (Lipinski definition) is 3. The molecular formula is C17H26N2O3. The van der Waals surface area contributed by atoms with Crippen molar-refractivity contribution in [1.29, 1.82) is 0 Å². The molecular weight excluding hydrogens is 280 g/mol. The van der Waals surface area contributed by atoms with Gasteiger partial charge in [-0.3, -0.25) is 0 Å². The summed E-state index contributed by atoms with van der Waals surface area (Å²) in [5, 5.41) is 5.89. The second kappa shape index (κ2) is 8.76. The summed E-state index contributed by atoms with van der Waals surface area (Å²) in [6.07, 6.45) is 2.02. The molecule has 1 aromatic rings. The van der Waals surface area contributed by atoms with Crippen molar-refractivity contribution in [3.05, 3.63) is 29.8 Å². The van der Waals surface area contributed by atoms with Gasteiger partial charge in [0.2, 0.25) is 0 Å². The maximum absolute atomic E-state index is 12.0. The van der Waals surface area contributed by atoms with Crippen LogP contribution in [-0.4, -0.2) is 31.9 Å². The first-order valence-electron chi connectivity index (χ1n) is 8.01. The maximum atomic E-state index is 12.0. The van der Waals surface area contributed by atoms with Gasteiger partial charge in [0.1, 0.15) is 0 Å². The lowest BCUT2D eigenvalue weighted by molar-refractivity contribution is 0.0573. The van der Waals surface area contributed by atoms with Crippen LogP contribution in [0.1, 0.15) is 32.3 Å². The molecule has 22 heavy (non-hydrogen) atoms. The van der Waals surface area contributed by atoms with Crippen LogP contribution < -0.4 is 10.6 Å². The van der Waals surface area contributed by atoms with Crippen LogP contribution in [0, 0.1) is 5.92 Å². The average Bonchev–Trinajstić information content (AvgIpc) is 2.55. The molecule has 0 aliphatic carbocycles. The van der Waals surface area contributed by atoms with Crippen molar-refractivity contribution >= 4 is 11.7 Å². The van der Waals surface area contributed by atoms with Crippen molar-refractivity contribution in [3.63, 3.8) is 0 Å². The molecule has 122 valence electrons. The Morgan fingerprint density at radius 2 is 2.00 bits per heavy atom. The van der Waals surface area contributed by atoms with E-state index in [4.69, 9.17) is 9.47 Å². The Hall–Kier alpha value is -1.59. The third-order valence-electron chi connectivity index (χ3n) is 4.02. The van der Waals surface area contributed by atoms with Gasteiger partial charge in [0.25, 0.3) is 0 Å². The first-order chi connectivity index (χ1) is 10.7. The van der Waals surface area contributed by atoms with Gasteiger partial charge < -0.3 is 20.1 Å². The Morgan fingerprint density at radius 3 is 2.64 bits per heavy atom. The van der Waals surface area contributed by atoms with Crippen LogP contribution in [0.15, 0.2) is 24.3 Å². The van der Waals surface area contributed by atoms with Crippen LogP contribution in [-0.2, 0) is 16.1 Å². The Morgan fingerprint density at radius 1 is 1.32 bits per heavy atom. The molecule has 0 spiro atoms. The van der Waals surface area contributed by atoms with Crippen molar-refractivity contribution in [2.45, 2.75) is 39.3 Å². The van der Waals surface area contributed by atoms with E-state index in [1.807, 2.05) is 31.2 Å². The van der Waals surface area contributed by atoms with E-state index in [-0.39, 0.29) is 12.1 Å². The SMILES string of the molecule is CCOCc1ccc(NC(=O)N[C@H](C)C2CCOCC2)cc1. The fraction of sp³-hybridized carbons (Fsp3) is 0.588. The fourth-order valence-electron chi connectivity index (χ4n) is 2.61. The lowest BCUT2D eigenvalue weighted by Crippen LogP contribution is -2.42. The molecule has 2 N–H and O–H groups in total. The largest absolute Gasteiger partial charge is 0.381 e. The minimum Gasteiger partial charge on any atom is -0.381 e. The monoisotopic (exact) mass is 306 g/mol. The van der Waals surface area contributed by atoms with E-state index >= 15 is 0 Å². The summed E-state index contributed by atoms with van der Waals surface area (Å²) in [7, 11) is 0. The highest BCUT2D eigenvalue weighted by Crippen LogP contribution is 2.18. The number of nitrogens with one attached hydrogen (secondary N) is 2. The predicted octanol–water partition coefficient (Wildman–Crippen LogP) is 3.16. The van der Waals surface area contributed by atoms with E-state index in [1.54, 1.807) is 0 Å². The van der Waals surface area contributed by atoms with E-state index in [2.05, 4.69) is 17.6 Å². The van der Waals surface area contributed by atoms with Crippen LogP contribution in [0.4, 0.5) is 10.5 Å². The number of amides is 2. The lowest BCUT2D eigenvalue weighted by Gasteiger charge is -2.28. The third kappa shape index (κ3) is 5.31. The molecule has 5 heteroatoms. The average molecular weight is 306 g/mol. The number of carbonyl (C=O) groups is 1. The summed E-state index contributed by atoms with van der Waals surface area (Å²) in [5.74, 6) is 0.494. The number of urea groups is 1. The van der Waals surface area contributed by atoms with Gasteiger partial charge in [-0.1, -0.05) is 12.1 Å². The zero-order valence-electron chi connectivity index (χ0n) is 13.4. The summed E-state index contributed by atoms with van der Waals surface area (Å²) < 4.78 is 10.7. The maximum Gasteiger partial charge on any atom is 0.319 e. The van der Waals surface area contributed by atoms with Crippen LogP contribution in [0.2, 0.25) is 0 Å². The van der Waals surface area contributed by atoms with Crippen molar-refractivity contribution in [2.24, 2.45) is 5.92 Å². The van der Waals surface area contributed by atoms with Gasteiger partial charge in [-0.25, -0.2) is 4.79 Å². The molecule has 2 rings (SSSR count). The zero-order valence-corrected chi connectivity index (χ0v) is 13.4. The third-order valence-corrected chi connectivity index (χ3v) is 4.02. The van der Waals surface area contributed by atoms with Gasteiger partial charge in [-0.15, -0.1) is 0 Å². The molecule has 0 unspecified atom stereocenters. The topological polar surface area (TPSA) is 59.6 Å². The Labute approximate surface area is 132 Å². The quantitative estimate of drug-likeness (QED) is 0.848. The first-order valence-corrected chi connectivity index (χ1v) is 8.01. The Balaban J connectivity index is 1.78. The molecule has 1 atom stereocenters. The molecule has 0 saturated carbocycles. The molecule has 0 aromatic heterocycles. The Kier molecular flexibility index (Phi) is 6.68. The van der Waals surface area contributed by atoms with E-state index in [0.29, 0.717) is 19.1 Å². The van der Waals surface area contributed by atoms with Crippen molar-refractivity contribution in [1.82, 2.24) is 5.32 Å². The van der Waals surface area contributed by atoms with Crippen molar-refractivity contribution < 1.29 is 14.3 Å². The molecule has 1 heterocycles. The molecule has 0 radical (unpaired) electrons. The van der Waals surface area contributed by atoms with Crippen molar-refractivity contribution in [3.8, 4) is 0 Å². The highest BCUT2D eigenvalue weighted by molar-refractivity contribution is 5.89. The molecule has 1 aromatic carbocycles. The van der Waals surface area contributed by atoms with Gasteiger partial charge in [0.05, 0.1) is 6.61 Å². The van der Waals surface area contributed by atoms with Gasteiger partial charge in [-0.05, 0) is 50.3 Å². The van der Waals surface area contributed by atoms with E-state index in [0.717, 1.165) is 37.3 Å². The number of hydrogen-bond donors (Lipinski definition) is 2. The van der Waals surface area contributed by atoms with Gasteiger partial charge >= 0.3 is 6.03 Å². The molecule has 1 saturated heterocycles. The molecule has 1 aliphatic heterocycles. The lowest BCUT2D eigenvalue weighted by atomic mass is 9.93. The smallest absolute Gasteiger partial charge is 0.319 e. The zero-order chi connectivity index (χ0) is 15.8. The van der Waals surface area contributed by atoms with Gasteiger partial charge in [0, 0.05) is 31.5 Å². The second-order valence-corrected chi connectivity index (χ2v) is 5.67. The van der Waals surface area contributed by atoms with Crippen LogP contribution >= 0.6 is 0 Å². The summed E-state index contributed by atoms with van der Waals surface area (Å²) in [6, 6.07) is 7.72. The summed E-state index contributed by atoms with van der Waals surface area (Å²) in [4.78, 5) is 12.0. The minimum absolute atomic E-state index is 0.154. The predicted molar refractivity (Wildman–Crippen MR) is 86.9 cm³/mol. The summed E-state index contributed by atoms with van der Waals surface area (Å²) >= 11 is 0. The van der Waals surface area contributed by atoms with Gasteiger partial charge in [-0.2, -0.15) is 0 Å². The summed E-state index contributed by atoms with van der Waals surface area (Å²) in [6.45, 7) is 6.91. The number of benzene rings is 1. The van der Waals surface area contributed by atoms with E-state index in [1.165, 1.54) is 0 Å². The standard InChI is InChI=1S/C17H26N2O3/c1-3-21-12-14-4-6-16(7-5-14)19-17(20)18-13(2)15-8-10-22-11-9-15/h4-7,13,15H,3,8-12H2,1-2H3,(H2,18,19,20)/t13-/m1/s1. The molecule has 1 fully saturated rings. The fourth-order valence-corrected chi connectivity index (χ4v) is 2.61. The number of rotatable bonds is 6. The van der Waals surface area contributed by atoms with E-state index < -0.39 is 0 Å². The Bertz CT molecular complexity index is 455. The molecule has 2 amide bonds. The van der Waals surface area contributed by atoms with Crippen molar-refractivity contribution in [2.75, 3.05) is 25.1 Å². The summed E-state index contributed by atoms with van der Waals surface area (Å²) in [5.41, 5.74) is 1.89. The molecule has 5 nitrogen and oxygen atoms in total. The highest BCUT2D eigenvalue weighted by Gasteiger charge is 2.21. The van der Waals surface area contributed by atoms with E-state index in [9.17, 15) is 4.79 Å². The normalized spacial score (nSPS) is 17.0. The first kappa shape index (κ1) is 16.8. The highest BCUT2D eigenvalue weighted by atomic mass is 16.5. The van der Waals surface area contributed by atoms with Gasteiger partial charge in [0.15, 0.2) is 0 Å². The van der Waals surface area contributed by atoms with Crippen LogP contribution in [0.25, 0.3) is 0 Å². The number of carbonyl (C=O) groups excluding carboxylic acids is 1. The van der Waals surface area contributed by atoms with Crippen LogP contribution in [0.5, 0.6) is 0 Å². The molecule has 1 aliphatic rings. The van der Waals surface area contributed by atoms with Crippen LogP contribution in [0.3, 0.4) is 0 Å². The second-order valence-electron chi connectivity index (χ2n) is 5.67.